The molecule has 5 rings (SSSR count). The number of fused-ring (bicyclic) bond motifs is 1. The van der Waals surface area contributed by atoms with Gasteiger partial charge in [0.1, 0.15) is 5.82 Å². The topological polar surface area (TPSA) is 79.4 Å². The predicted molar refractivity (Wildman–Crippen MR) is 130 cm³/mol. The molecule has 1 saturated carbocycles. The maximum Gasteiger partial charge on any atom is 0.221 e. The van der Waals surface area contributed by atoms with Crippen molar-refractivity contribution in [1.82, 2.24) is 15.1 Å². The van der Waals surface area contributed by atoms with E-state index in [1.807, 2.05) is 36.4 Å². The molecule has 0 bridgehead atoms. The summed E-state index contributed by atoms with van der Waals surface area (Å²) >= 11 is 0. The fourth-order valence-corrected chi connectivity index (χ4v) is 5.96. The molecule has 4 atom stereocenters. The van der Waals surface area contributed by atoms with Gasteiger partial charge in [-0.25, -0.2) is 0 Å². The maximum absolute atomic E-state index is 11.2. The van der Waals surface area contributed by atoms with Crippen LogP contribution in [0.5, 0.6) is 0 Å². The fraction of sp³-hybridized carbons (Fsp3) is 0.577. The molecule has 2 saturated heterocycles. The standard InChI is InChI=1S/C26H35N5O2/c1-17(32)27-21-6-4-18(5-7-21)24-8-9-25(30-29-24)28-22-12-19-15-31(16-20(19)13-22)23-10-11-33-26(2,3)14-23/h4-9,19-20,22-23H,10-16H2,1-3H3,(H,27,32)(H,28,30)/t19-,20+,22?,23?. The number of nitrogens with zero attached hydrogens (tertiary/aromatic N) is 3. The monoisotopic (exact) mass is 449 g/mol. The highest BCUT2D eigenvalue weighted by Gasteiger charge is 2.44. The Bertz CT molecular complexity index is 961. The van der Waals surface area contributed by atoms with Gasteiger partial charge in [-0.15, -0.1) is 10.2 Å². The van der Waals surface area contributed by atoms with E-state index in [0.717, 1.165) is 47.6 Å². The number of rotatable bonds is 5. The van der Waals surface area contributed by atoms with Crippen LogP contribution < -0.4 is 10.6 Å². The summed E-state index contributed by atoms with van der Waals surface area (Å²) in [5.41, 5.74) is 2.61. The average molecular weight is 450 g/mol. The third kappa shape index (κ3) is 5.20. The van der Waals surface area contributed by atoms with Crippen molar-refractivity contribution in [3.8, 4) is 11.3 Å². The van der Waals surface area contributed by atoms with Crippen LogP contribution in [0.1, 0.15) is 46.5 Å². The molecule has 2 N–H and O–H groups in total. The number of carbonyl (C=O) groups excluding carboxylic acids is 1. The molecule has 7 nitrogen and oxygen atoms in total. The number of likely N-dealkylation sites (tertiary alicyclic amines) is 1. The molecule has 2 aliphatic heterocycles. The van der Waals surface area contributed by atoms with Gasteiger partial charge in [0.15, 0.2) is 0 Å². The number of amides is 1. The van der Waals surface area contributed by atoms with E-state index in [9.17, 15) is 4.79 Å². The molecule has 0 spiro atoms. The lowest BCUT2D eigenvalue weighted by molar-refractivity contribution is -0.114. The highest BCUT2D eigenvalue weighted by Crippen LogP contribution is 2.41. The van der Waals surface area contributed by atoms with Gasteiger partial charge in [0.2, 0.25) is 5.91 Å². The molecule has 7 heteroatoms. The molecule has 2 aromatic rings. The molecule has 33 heavy (non-hydrogen) atoms. The van der Waals surface area contributed by atoms with Gasteiger partial charge in [-0.2, -0.15) is 0 Å². The number of benzene rings is 1. The quantitative estimate of drug-likeness (QED) is 0.713. The number of nitrogens with one attached hydrogen (secondary N) is 2. The Morgan fingerprint density at radius 1 is 1.06 bits per heavy atom. The summed E-state index contributed by atoms with van der Waals surface area (Å²) in [6.45, 7) is 9.30. The SMILES string of the molecule is CC(=O)Nc1ccc(-c2ccc(NC3C[C@@H]4CN(C5CCOC(C)(C)C5)C[C@@H]4C3)nn2)cc1. The maximum atomic E-state index is 11.2. The molecule has 1 aromatic heterocycles. The van der Waals surface area contributed by atoms with E-state index in [1.54, 1.807) is 0 Å². The lowest BCUT2D eigenvalue weighted by Gasteiger charge is -2.40. The minimum absolute atomic E-state index is 0.0169. The van der Waals surface area contributed by atoms with Gasteiger partial charge in [0.05, 0.1) is 11.3 Å². The molecule has 3 aliphatic rings. The lowest BCUT2D eigenvalue weighted by Crippen LogP contribution is -2.45. The first-order valence-electron chi connectivity index (χ1n) is 12.2. The summed E-state index contributed by atoms with van der Waals surface area (Å²) in [7, 11) is 0. The summed E-state index contributed by atoms with van der Waals surface area (Å²) < 4.78 is 5.92. The van der Waals surface area contributed by atoms with Crippen molar-refractivity contribution in [3.63, 3.8) is 0 Å². The minimum Gasteiger partial charge on any atom is -0.375 e. The van der Waals surface area contributed by atoms with Crippen molar-refractivity contribution < 1.29 is 9.53 Å². The van der Waals surface area contributed by atoms with E-state index in [1.165, 1.54) is 39.3 Å². The Hall–Kier alpha value is -2.51. The van der Waals surface area contributed by atoms with Gasteiger partial charge in [-0.1, -0.05) is 12.1 Å². The van der Waals surface area contributed by atoms with Crippen molar-refractivity contribution >= 4 is 17.4 Å². The first kappa shape index (κ1) is 22.3. The van der Waals surface area contributed by atoms with Crippen LogP contribution in [-0.4, -0.2) is 58.4 Å². The van der Waals surface area contributed by atoms with Crippen molar-refractivity contribution in [1.29, 1.82) is 0 Å². The van der Waals surface area contributed by atoms with E-state index in [-0.39, 0.29) is 11.5 Å². The third-order valence-electron chi connectivity index (χ3n) is 7.48. The van der Waals surface area contributed by atoms with Crippen molar-refractivity contribution in [3.05, 3.63) is 36.4 Å². The van der Waals surface area contributed by atoms with Crippen LogP contribution in [0.3, 0.4) is 0 Å². The third-order valence-corrected chi connectivity index (χ3v) is 7.48. The molecule has 1 amide bonds. The second-order valence-electron chi connectivity index (χ2n) is 10.6. The van der Waals surface area contributed by atoms with Crippen LogP contribution in [0, 0.1) is 11.8 Å². The first-order valence-corrected chi connectivity index (χ1v) is 12.2. The van der Waals surface area contributed by atoms with E-state index in [4.69, 9.17) is 4.74 Å². The Morgan fingerprint density at radius 2 is 1.79 bits per heavy atom. The minimum atomic E-state index is -0.0748. The summed E-state index contributed by atoms with van der Waals surface area (Å²) in [6, 6.07) is 12.8. The number of hydrogen-bond acceptors (Lipinski definition) is 6. The van der Waals surface area contributed by atoms with Crippen LogP contribution in [-0.2, 0) is 9.53 Å². The molecule has 1 aromatic carbocycles. The Balaban J connectivity index is 1.13. The average Bonchev–Trinajstić information content (AvgIpc) is 3.33. The Labute approximate surface area is 196 Å². The Kier molecular flexibility index (Phi) is 6.10. The van der Waals surface area contributed by atoms with Gasteiger partial charge < -0.3 is 15.4 Å². The van der Waals surface area contributed by atoms with Gasteiger partial charge >= 0.3 is 0 Å². The molecule has 3 fully saturated rings. The van der Waals surface area contributed by atoms with Gasteiger partial charge in [0, 0.05) is 50.0 Å². The number of aromatic nitrogens is 2. The molecule has 0 radical (unpaired) electrons. The zero-order valence-corrected chi connectivity index (χ0v) is 19.9. The molecule has 1 aliphatic carbocycles. The smallest absolute Gasteiger partial charge is 0.221 e. The fourth-order valence-electron chi connectivity index (χ4n) is 5.96. The van der Waals surface area contributed by atoms with Gasteiger partial charge in [-0.05, 0) is 75.6 Å². The number of anilines is 2. The number of hydrogen-bond donors (Lipinski definition) is 2. The molecule has 176 valence electrons. The molecule has 2 unspecified atom stereocenters. The van der Waals surface area contributed by atoms with Crippen LogP contribution in [0.4, 0.5) is 11.5 Å². The molecular formula is C26H35N5O2. The van der Waals surface area contributed by atoms with Crippen LogP contribution in [0.2, 0.25) is 0 Å². The largest absolute Gasteiger partial charge is 0.375 e. The van der Waals surface area contributed by atoms with Crippen molar-refractivity contribution in [2.45, 2.75) is 64.1 Å². The highest BCUT2D eigenvalue weighted by atomic mass is 16.5. The zero-order valence-electron chi connectivity index (χ0n) is 19.9. The molecule has 3 heterocycles. The summed E-state index contributed by atoms with van der Waals surface area (Å²) in [5.74, 6) is 2.33. The van der Waals surface area contributed by atoms with Crippen LogP contribution in [0.25, 0.3) is 11.3 Å². The van der Waals surface area contributed by atoms with Gasteiger partial charge in [-0.3, -0.25) is 9.69 Å². The van der Waals surface area contributed by atoms with Crippen molar-refractivity contribution in [2.24, 2.45) is 11.8 Å². The van der Waals surface area contributed by atoms with E-state index < -0.39 is 0 Å². The van der Waals surface area contributed by atoms with E-state index in [0.29, 0.717) is 12.1 Å². The van der Waals surface area contributed by atoms with Crippen LogP contribution in [0.15, 0.2) is 36.4 Å². The number of ether oxygens (including phenoxy) is 1. The Morgan fingerprint density at radius 3 is 2.39 bits per heavy atom. The highest BCUT2D eigenvalue weighted by molar-refractivity contribution is 5.88. The summed E-state index contributed by atoms with van der Waals surface area (Å²) in [4.78, 5) is 13.9. The second kappa shape index (κ2) is 9.03. The number of carbonyl (C=O) groups is 1. The lowest BCUT2D eigenvalue weighted by atomic mass is 9.93. The normalized spacial score (nSPS) is 28.9. The zero-order chi connectivity index (χ0) is 23.0. The second-order valence-corrected chi connectivity index (χ2v) is 10.6. The first-order chi connectivity index (χ1) is 15.8. The van der Waals surface area contributed by atoms with E-state index >= 15 is 0 Å². The molecular weight excluding hydrogens is 414 g/mol. The van der Waals surface area contributed by atoms with E-state index in [2.05, 4.69) is 39.6 Å². The predicted octanol–water partition coefficient (Wildman–Crippen LogP) is 4.18. The van der Waals surface area contributed by atoms with Crippen molar-refractivity contribution in [2.75, 3.05) is 30.3 Å². The van der Waals surface area contributed by atoms with Crippen LogP contribution >= 0.6 is 0 Å². The summed E-state index contributed by atoms with van der Waals surface area (Å²) in [6.07, 6.45) is 4.73. The van der Waals surface area contributed by atoms with Gasteiger partial charge in [0.25, 0.3) is 0 Å². The summed E-state index contributed by atoms with van der Waals surface area (Å²) in [5, 5.41) is 15.3.